The van der Waals surface area contributed by atoms with Gasteiger partial charge < -0.3 is 4.42 Å². The Balaban J connectivity index is 1.86. The normalized spacial score (nSPS) is 10.9. The summed E-state index contributed by atoms with van der Waals surface area (Å²) in [5, 5.41) is 0.920. The smallest absolute Gasteiger partial charge is 0.202 e. The van der Waals surface area contributed by atoms with E-state index in [0.29, 0.717) is 11.1 Å². The Labute approximate surface area is 119 Å². The SMILES string of the molecule is O=C(Cc1ccc(Cl)c(F)c1)c1cc2ccccc2o1. The van der Waals surface area contributed by atoms with Gasteiger partial charge >= 0.3 is 0 Å². The first kappa shape index (κ1) is 12.9. The zero-order valence-corrected chi connectivity index (χ0v) is 11.2. The van der Waals surface area contributed by atoms with Crippen molar-refractivity contribution in [1.29, 1.82) is 0 Å². The van der Waals surface area contributed by atoms with Crippen molar-refractivity contribution in [2.24, 2.45) is 0 Å². The predicted octanol–water partition coefficient (Wildman–Crippen LogP) is 4.65. The van der Waals surface area contributed by atoms with Crippen molar-refractivity contribution in [1.82, 2.24) is 0 Å². The molecule has 2 nitrogen and oxygen atoms in total. The van der Waals surface area contributed by atoms with E-state index in [9.17, 15) is 9.18 Å². The standard InChI is InChI=1S/C16H10ClFO2/c17-12-6-5-10(7-13(12)18)8-14(19)16-9-11-3-1-2-4-15(11)20-16/h1-7,9H,8H2. The zero-order chi connectivity index (χ0) is 14.1. The molecule has 0 fully saturated rings. The van der Waals surface area contributed by atoms with Gasteiger partial charge in [0.05, 0.1) is 5.02 Å². The molecule has 0 atom stereocenters. The highest BCUT2D eigenvalue weighted by atomic mass is 35.5. The molecule has 0 aliphatic rings. The van der Waals surface area contributed by atoms with Gasteiger partial charge in [-0.2, -0.15) is 0 Å². The Morgan fingerprint density at radius 3 is 2.70 bits per heavy atom. The quantitative estimate of drug-likeness (QED) is 0.657. The van der Waals surface area contributed by atoms with E-state index in [0.717, 1.165) is 5.39 Å². The van der Waals surface area contributed by atoms with E-state index in [2.05, 4.69) is 0 Å². The summed E-state index contributed by atoms with van der Waals surface area (Å²) in [4.78, 5) is 12.1. The van der Waals surface area contributed by atoms with Gasteiger partial charge in [0.2, 0.25) is 5.78 Å². The van der Waals surface area contributed by atoms with Gasteiger partial charge in [-0.15, -0.1) is 0 Å². The Morgan fingerprint density at radius 1 is 1.15 bits per heavy atom. The minimum atomic E-state index is -0.526. The van der Waals surface area contributed by atoms with E-state index in [1.165, 1.54) is 12.1 Å². The van der Waals surface area contributed by atoms with Gasteiger partial charge in [-0.1, -0.05) is 35.9 Å². The molecule has 100 valence electrons. The second-order valence-electron chi connectivity index (χ2n) is 4.50. The molecule has 0 spiro atoms. The first-order valence-electron chi connectivity index (χ1n) is 6.09. The van der Waals surface area contributed by atoms with Crippen LogP contribution in [0.1, 0.15) is 16.1 Å². The first-order valence-corrected chi connectivity index (χ1v) is 6.47. The number of fused-ring (bicyclic) bond motifs is 1. The van der Waals surface area contributed by atoms with Gasteiger partial charge in [0.25, 0.3) is 0 Å². The molecule has 20 heavy (non-hydrogen) atoms. The Hall–Kier alpha value is -2.13. The summed E-state index contributed by atoms with van der Waals surface area (Å²) in [5.41, 5.74) is 1.23. The van der Waals surface area contributed by atoms with Crippen LogP contribution in [0, 0.1) is 5.82 Å². The molecule has 0 aliphatic carbocycles. The minimum absolute atomic E-state index is 0.0462. The lowest BCUT2D eigenvalue weighted by molar-refractivity contribution is 0.0968. The summed E-state index contributed by atoms with van der Waals surface area (Å²) in [5.74, 6) is -0.439. The fourth-order valence-electron chi connectivity index (χ4n) is 2.04. The van der Waals surface area contributed by atoms with Crippen molar-refractivity contribution in [3.8, 4) is 0 Å². The summed E-state index contributed by atoms with van der Waals surface area (Å²) in [6, 6.07) is 13.4. The van der Waals surface area contributed by atoms with Crippen molar-refractivity contribution in [3.63, 3.8) is 0 Å². The molecule has 0 amide bonds. The number of rotatable bonds is 3. The van der Waals surface area contributed by atoms with Crippen LogP contribution in [0.3, 0.4) is 0 Å². The molecular formula is C16H10ClFO2. The number of para-hydroxylation sites is 1. The van der Waals surface area contributed by atoms with E-state index in [1.54, 1.807) is 18.2 Å². The highest BCUT2D eigenvalue weighted by Gasteiger charge is 2.13. The molecule has 1 aromatic heterocycles. The summed E-state index contributed by atoms with van der Waals surface area (Å²) >= 11 is 5.61. The van der Waals surface area contributed by atoms with E-state index in [1.807, 2.05) is 18.2 Å². The third kappa shape index (κ3) is 2.45. The maximum Gasteiger partial charge on any atom is 0.202 e. The van der Waals surface area contributed by atoms with Crippen LogP contribution in [0.4, 0.5) is 4.39 Å². The van der Waals surface area contributed by atoms with Crippen molar-refractivity contribution in [3.05, 3.63) is 70.7 Å². The van der Waals surface area contributed by atoms with Crippen molar-refractivity contribution >= 4 is 28.4 Å². The minimum Gasteiger partial charge on any atom is -0.453 e. The topological polar surface area (TPSA) is 30.2 Å². The summed E-state index contributed by atoms with van der Waals surface area (Å²) in [6.07, 6.45) is 0.0773. The predicted molar refractivity (Wildman–Crippen MR) is 75.7 cm³/mol. The number of carbonyl (C=O) groups is 1. The molecule has 4 heteroatoms. The van der Waals surface area contributed by atoms with E-state index < -0.39 is 5.82 Å². The maximum atomic E-state index is 13.3. The number of hydrogen-bond donors (Lipinski definition) is 0. The van der Waals surface area contributed by atoms with Gasteiger partial charge in [0.15, 0.2) is 5.76 Å². The molecule has 0 bridgehead atoms. The van der Waals surface area contributed by atoms with Crippen LogP contribution in [0.15, 0.2) is 52.9 Å². The van der Waals surface area contributed by atoms with Gasteiger partial charge in [-0.3, -0.25) is 4.79 Å². The van der Waals surface area contributed by atoms with Crippen LogP contribution in [-0.4, -0.2) is 5.78 Å². The Morgan fingerprint density at radius 2 is 1.95 bits per heavy atom. The number of Topliss-reactive ketones (excluding diaryl/α,β-unsaturated/α-hetero) is 1. The Bertz CT molecular complexity index is 759. The first-order chi connectivity index (χ1) is 9.63. The van der Waals surface area contributed by atoms with E-state index in [-0.39, 0.29) is 23.0 Å². The third-order valence-electron chi connectivity index (χ3n) is 3.05. The molecule has 3 rings (SSSR count). The molecule has 0 N–H and O–H groups in total. The molecule has 2 aromatic carbocycles. The third-order valence-corrected chi connectivity index (χ3v) is 3.36. The largest absolute Gasteiger partial charge is 0.453 e. The number of furan rings is 1. The van der Waals surface area contributed by atoms with Crippen LogP contribution < -0.4 is 0 Å². The van der Waals surface area contributed by atoms with Crippen LogP contribution in [0.5, 0.6) is 0 Å². The van der Waals surface area contributed by atoms with Crippen molar-refractivity contribution < 1.29 is 13.6 Å². The molecular weight excluding hydrogens is 279 g/mol. The highest BCUT2D eigenvalue weighted by molar-refractivity contribution is 6.30. The summed E-state index contributed by atoms with van der Waals surface area (Å²) in [6.45, 7) is 0. The molecule has 0 saturated carbocycles. The number of carbonyl (C=O) groups excluding carboxylic acids is 1. The maximum absolute atomic E-state index is 13.3. The second kappa shape index (κ2) is 5.10. The van der Waals surface area contributed by atoms with Crippen LogP contribution in [0.2, 0.25) is 5.02 Å². The van der Waals surface area contributed by atoms with Gasteiger partial charge in [0, 0.05) is 11.8 Å². The number of benzene rings is 2. The second-order valence-corrected chi connectivity index (χ2v) is 4.90. The molecule has 3 aromatic rings. The molecule has 0 radical (unpaired) electrons. The van der Waals surface area contributed by atoms with E-state index >= 15 is 0 Å². The lowest BCUT2D eigenvalue weighted by Crippen LogP contribution is -2.02. The summed E-state index contributed by atoms with van der Waals surface area (Å²) in [7, 11) is 0. The van der Waals surface area contributed by atoms with Crippen LogP contribution in [0.25, 0.3) is 11.0 Å². The zero-order valence-electron chi connectivity index (χ0n) is 10.4. The fraction of sp³-hybridized carbons (Fsp3) is 0.0625. The number of ketones is 1. The molecule has 0 unspecified atom stereocenters. The molecule has 0 aliphatic heterocycles. The monoisotopic (exact) mass is 288 g/mol. The van der Waals surface area contributed by atoms with Crippen molar-refractivity contribution in [2.75, 3.05) is 0 Å². The Kier molecular flexibility index (Phi) is 3.28. The fourth-order valence-corrected chi connectivity index (χ4v) is 2.16. The number of hydrogen-bond acceptors (Lipinski definition) is 2. The van der Waals surface area contributed by atoms with E-state index in [4.69, 9.17) is 16.0 Å². The molecule has 0 saturated heterocycles. The summed E-state index contributed by atoms with van der Waals surface area (Å²) < 4.78 is 18.8. The molecule has 1 heterocycles. The van der Waals surface area contributed by atoms with Crippen molar-refractivity contribution in [2.45, 2.75) is 6.42 Å². The average Bonchev–Trinajstić information content (AvgIpc) is 2.87. The lowest BCUT2D eigenvalue weighted by Gasteiger charge is -2.00. The lowest BCUT2D eigenvalue weighted by atomic mass is 10.1. The van der Waals surface area contributed by atoms with Crippen LogP contribution in [-0.2, 0) is 6.42 Å². The highest BCUT2D eigenvalue weighted by Crippen LogP contribution is 2.21. The van der Waals surface area contributed by atoms with Gasteiger partial charge in [0.1, 0.15) is 11.4 Å². The number of halogens is 2. The average molecular weight is 289 g/mol. The van der Waals surface area contributed by atoms with Gasteiger partial charge in [-0.25, -0.2) is 4.39 Å². The van der Waals surface area contributed by atoms with Crippen LogP contribution >= 0.6 is 11.6 Å². The van der Waals surface area contributed by atoms with Gasteiger partial charge in [-0.05, 0) is 29.8 Å².